The van der Waals surface area contributed by atoms with Crippen molar-refractivity contribution < 1.29 is 13.2 Å². The van der Waals surface area contributed by atoms with Gasteiger partial charge in [0.2, 0.25) is 0 Å². The maximum absolute atomic E-state index is 12.9. The van der Waals surface area contributed by atoms with Crippen LogP contribution in [0.25, 0.3) is 11.2 Å². The van der Waals surface area contributed by atoms with Gasteiger partial charge in [-0.15, -0.1) is 11.8 Å². The molecule has 0 spiro atoms. The minimum absolute atomic E-state index is 0.00784. The summed E-state index contributed by atoms with van der Waals surface area (Å²) in [5, 5.41) is 0.628. The van der Waals surface area contributed by atoms with Crippen molar-refractivity contribution >= 4 is 50.5 Å². The Labute approximate surface area is 207 Å². The number of hydrogen-bond acceptors (Lipinski definition) is 6. The summed E-state index contributed by atoms with van der Waals surface area (Å²) >= 11 is 8.09. The molecule has 0 aliphatic carbocycles. The van der Waals surface area contributed by atoms with Crippen molar-refractivity contribution in [2.24, 2.45) is 0 Å². The number of halogens is 1. The molecule has 2 aromatic heterocycles. The number of thioether (sulfide) groups is 1. The largest absolute Gasteiger partial charge is 0.308 e. The van der Waals surface area contributed by atoms with E-state index in [1.54, 1.807) is 30.0 Å². The summed E-state index contributed by atoms with van der Waals surface area (Å²) in [4.78, 5) is 23.0. The quantitative estimate of drug-likeness (QED) is 0.368. The Morgan fingerprint density at radius 3 is 2.41 bits per heavy atom. The Kier molecular flexibility index (Phi) is 6.71. The van der Waals surface area contributed by atoms with Gasteiger partial charge < -0.3 is 4.57 Å². The zero-order valence-electron chi connectivity index (χ0n) is 19.1. The summed E-state index contributed by atoms with van der Waals surface area (Å²) < 4.78 is 29.4. The van der Waals surface area contributed by atoms with Crippen LogP contribution < -0.4 is 4.72 Å². The first-order valence-electron chi connectivity index (χ1n) is 10.4. The molecule has 34 heavy (non-hydrogen) atoms. The monoisotopic (exact) mass is 514 g/mol. The number of nitrogens with zero attached hydrogens (tertiary/aromatic N) is 3. The highest BCUT2D eigenvalue weighted by Crippen LogP contribution is 2.26. The number of nitrogens with one attached hydrogen (secondary N) is 1. The van der Waals surface area contributed by atoms with Crippen LogP contribution in [0, 0.1) is 20.8 Å². The van der Waals surface area contributed by atoms with Crippen LogP contribution in [-0.4, -0.2) is 35.1 Å². The molecule has 4 rings (SSSR count). The number of carbonyl (C=O) groups is 1. The molecule has 0 fully saturated rings. The molecule has 2 heterocycles. The lowest BCUT2D eigenvalue weighted by molar-refractivity contribution is 0.0976. The van der Waals surface area contributed by atoms with Crippen molar-refractivity contribution in [3.63, 3.8) is 0 Å². The summed E-state index contributed by atoms with van der Waals surface area (Å²) in [6.07, 6.45) is 1.98. The van der Waals surface area contributed by atoms with Crippen LogP contribution >= 0.6 is 23.4 Å². The second kappa shape index (κ2) is 9.40. The van der Waals surface area contributed by atoms with Crippen LogP contribution in [0.3, 0.4) is 0 Å². The SMILES string of the molecule is CSc1ccc(Cn2c(C)nc3c(C)cc(C(=O)NS(=O)(=O)c4ccc(C)cc4)nc32)c(Cl)c1. The van der Waals surface area contributed by atoms with Crippen LogP contribution in [-0.2, 0) is 16.6 Å². The molecule has 0 saturated carbocycles. The Hall–Kier alpha value is -2.88. The van der Waals surface area contributed by atoms with E-state index in [4.69, 9.17) is 11.6 Å². The number of fused-ring (bicyclic) bond motifs is 1. The van der Waals surface area contributed by atoms with Gasteiger partial charge in [0.15, 0.2) is 5.65 Å². The van der Waals surface area contributed by atoms with Crippen molar-refractivity contribution in [2.45, 2.75) is 37.1 Å². The van der Waals surface area contributed by atoms with E-state index in [-0.39, 0.29) is 10.6 Å². The summed E-state index contributed by atoms with van der Waals surface area (Å²) in [7, 11) is -4.04. The minimum atomic E-state index is -4.04. The molecule has 0 radical (unpaired) electrons. The van der Waals surface area contributed by atoms with Gasteiger partial charge in [0.1, 0.15) is 17.0 Å². The summed E-state index contributed by atoms with van der Waals surface area (Å²) in [6, 6.07) is 13.7. The van der Waals surface area contributed by atoms with Crippen LogP contribution in [0.5, 0.6) is 0 Å². The highest BCUT2D eigenvalue weighted by molar-refractivity contribution is 7.98. The molecule has 2 aromatic carbocycles. The molecule has 1 amide bonds. The van der Waals surface area contributed by atoms with Gasteiger partial charge in [-0.3, -0.25) is 4.79 Å². The van der Waals surface area contributed by atoms with E-state index in [9.17, 15) is 13.2 Å². The first-order valence-corrected chi connectivity index (χ1v) is 13.5. The summed E-state index contributed by atoms with van der Waals surface area (Å²) in [6.45, 7) is 5.93. The lowest BCUT2D eigenvalue weighted by atomic mass is 10.2. The van der Waals surface area contributed by atoms with Gasteiger partial charge in [0.25, 0.3) is 15.9 Å². The lowest BCUT2D eigenvalue weighted by Crippen LogP contribution is -2.31. The predicted octanol–water partition coefficient (Wildman–Crippen LogP) is 4.90. The van der Waals surface area contributed by atoms with Crippen molar-refractivity contribution in [3.8, 4) is 0 Å². The molecule has 176 valence electrons. The van der Waals surface area contributed by atoms with E-state index < -0.39 is 15.9 Å². The standard InChI is InChI=1S/C24H23ClN4O3S2/c1-14-5-9-19(10-6-14)34(31,32)28-24(30)21-11-15(2)22-23(27-21)29(16(3)26-22)13-17-7-8-18(33-4)12-20(17)25/h5-12H,13H2,1-4H3,(H,28,30). The molecule has 0 bridgehead atoms. The average Bonchev–Trinajstić information content (AvgIpc) is 3.10. The second-order valence-corrected chi connectivity index (χ2v) is 10.9. The number of hydrogen-bond donors (Lipinski definition) is 1. The van der Waals surface area contributed by atoms with Gasteiger partial charge in [0.05, 0.1) is 11.4 Å². The second-order valence-electron chi connectivity index (χ2n) is 7.95. The van der Waals surface area contributed by atoms with Crippen molar-refractivity contribution in [1.29, 1.82) is 0 Å². The van der Waals surface area contributed by atoms with Crippen molar-refractivity contribution in [2.75, 3.05) is 6.26 Å². The fraction of sp³-hybridized carbons (Fsp3) is 0.208. The van der Waals surface area contributed by atoms with Gasteiger partial charge in [-0.1, -0.05) is 35.4 Å². The third-order valence-electron chi connectivity index (χ3n) is 5.46. The smallest absolute Gasteiger partial charge is 0.283 e. The molecular formula is C24H23ClN4O3S2. The number of aromatic nitrogens is 3. The van der Waals surface area contributed by atoms with E-state index in [0.717, 1.165) is 16.0 Å². The molecule has 4 aromatic rings. The van der Waals surface area contributed by atoms with Gasteiger partial charge in [0, 0.05) is 9.92 Å². The number of imidazole rings is 1. The van der Waals surface area contributed by atoms with Gasteiger partial charge >= 0.3 is 0 Å². The van der Waals surface area contributed by atoms with Gasteiger partial charge in [-0.25, -0.2) is 23.1 Å². The Morgan fingerprint density at radius 2 is 1.76 bits per heavy atom. The number of sulfonamides is 1. The van der Waals surface area contributed by atoms with Crippen molar-refractivity contribution in [1.82, 2.24) is 19.3 Å². The Morgan fingerprint density at radius 1 is 1.06 bits per heavy atom. The van der Waals surface area contributed by atoms with E-state index in [2.05, 4.69) is 14.7 Å². The number of benzene rings is 2. The molecule has 0 aliphatic heterocycles. The van der Waals surface area contributed by atoms with Gasteiger partial charge in [-0.05, 0) is 68.5 Å². The highest BCUT2D eigenvalue weighted by Gasteiger charge is 2.22. The number of amides is 1. The number of carbonyl (C=O) groups excluding carboxylic acids is 1. The number of aryl methyl sites for hydroxylation is 3. The van der Waals surface area contributed by atoms with E-state index >= 15 is 0 Å². The van der Waals surface area contributed by atoms with Crippen LogP contribution in [0.2, 0.25) is 5.02 Å². The minimum Gasteiger partial charge on any atom is -0.308 e. The lowest BCUT2D eigenvalue weighted by Gasteiger charge is -2.11. The molecule has 10 heteroatoms. The third-order valence-corrected chi connectivity index (χ3v) is 7.89. The first kappa shape index (κ1) is 24.3. The zero-order chi connectivity index (χ0) is 24.6. The summed E-state index contributed by atoms with van der Waals surface area (Å²) in [5.74, 6) is -0.0984. The van der Waals surface area contributed by atoms with Crippen molar-refractivity contribution in [3.05, 3.63) is 81.8 Å². The van der Waals surface area contributed by atoms with Crippen LogP contribution in [0.15, 0.2) is 58.3 Å². The van der Waals surface area contributed by atoms with Crippen LogP contribution in [0.4, 0.5) is 0 Å². The maximum Gasteiger partial charge on any atom is 0.283 e. The average molecular weight is 515 g/mol. The fourth-order valence-corrected chi connectivity index (χ4v) is 5.27. The normalized spacial score (nSPS) is 11.7. The molecule has 7 nitrogen and oxygen atoms in total. The van der Waals surface area contributed by atoms with E-state index in [0.29, 0.717) is 34.1 Å². The topological polar surface area (TPSA) is 94.0 Å². The van der Waals surface area contributed by atoms with Gasteiger partial charge in [-0.2, -0.15) is 0 Å². The van der Waals surface area contributed by atoms with E-state index in [1.165, 1.54) is 12.1 Å². The zero-order valence-corrected chi connectivity index (χ0v) is 21.5. The van der Waals surface area contributed by atoms with E-state index in [1.807, 2.05) is 49.8 Å². The third kappa shape index (κ3) is 4.82. The molecule has 0 saturated heterocycles. The molecule has 1 N–H and O–H groups in total. The Balaban J connectivity index is 1.70. The van der Waals surface area contributed by atoms with Crippen LogP contribution in [0.1, 0.15) is 33.0 Å². The first-order chi connectivity index (χ1) is 16.1. The molecule has 0 aliphatic rings. The highest BCUT2D eigenvalue weighted by atomic mass is 35.5. The Bertz CT molecular complexity index is 1510. The molecule has 0 atom stereocenters. The molecular weight excluding hydrogens is 492 g/mol. The number of rotatable bonds is 6. The number of pyridine rings is 1. The predicted molar refractivity (Wildman–Crippen MR) is 135 cm³/mol. The fourth-order valence-electron chi connectivity index (χ4n) is 3.56. The maximum atomic E-state index is 12.9. The molecule has 0 unspecified atom stereocenters. The summed E-state index contributed by atoms with van der Waals surface area (Å²) in [5.41, 5.74) is 3.64.